The summed E-state index contributed by atoms with van der Waals surface area (Å²) >= 11 is 0. The molecule has 1 aromatic rings. The Morgan fingerprint density at radius 2 is 2.00 bits per heavy atom. The molecule has 1 aromatic carbocycles. The van der Waals surface area contributed by atoms with Crippen molar-refractivity contribution in [2.45, 2.75) is 24.8 Å². The largest absolute Gasteiger partial charge is 0.310 e. The van der Waals surface area contributed by atoms with Crippen LogP contribution in [0.1, 0.15) is 25.5 Å². The van der Waals surface area contributed by atoms with E-state index in [4.69, 9.17) is 0 Å². The number of hydrogen-bond donors (Lipinski definition) is 2. The van der Waals surface area contributed by atoms with Crippen molar-refractivity contribution in [3.8, 4) is 0 Å². The molecule has 0 aliphatic carbocycles. The van der Waals surface area contributed by atoms with Crippen molar-refractivity contribution >= 4 is 10.0 Å². The molecule has 1 atom stereocenters. The van der Waals surface area contributed by atoms with Gasteiger partial charge in [-0.05, 0) is 45.3 Å². The van der Waals surface area contributed by atoms with Gasteiger partial charge < -0.3 is 10.2 Å². The van der Waals surface area contributed by atoms with E-state index in [9.17, 15) is 8.42 Å². The summed E-state index contributed by atoms with van der Waals surface area (Å²) < 4.78 is 27.0. The van der Waals surface area contributed by atoms with Crippen LogP contribution >= 0.6 is 0 Å². The van der Waals surface area contributed by atoms with Crippen LogP contribution in [0.15, 0.2) is 29.2 Å². The smallest absolute Gasteiger partial charge is 0.240 e. The molecular formula is C14H25N3O2S. The van der Waals surface area contributed by atoms with Crippen molar-refractivity contribution in [1.82, 2.24) is 14.9 Å². The van der Waals surface area contributed by atoms with Gasteiger partial charge in [0.05, 0.1) is 4.90 Å². The summed E-state index contributed by atoms with van der Waals surface area (Å²) in [4.78, 5) is 2.25. The number of rotatable bonds is 8. The zero-order valence-corrected chi connectivity index (χ0v) is 13.5. The quantitative estimate of drug-likeness (QED) is 0.757. The van der Waals surface area contributed by atoms with Crippen LogP contribution in [0.2, 0.25) is 0 Å². The Morgan fingerprint density at radius 3 is 2.60 bits per heavy atom. The van der Waals surface area contributed by atoms with E-state index in [1.165, 1.54) is 0 Å². The normalized spacial score (nSPS) is 13.7. The summed E-state index contributed by atoms with van der Waals surface area (Å²) in [6, 6.07) is 7.21. The Kier molecular flexibility index (Phi) is 6.61. The highest BCUT2D eigenvalue weighted by Gasteiger charge is 2.15. The maximum atomic E-state index is 12.2. The molecule has 0 aliphatic heterocycles. The Morgan fingerprint density at radius 1 is 1.30 bits per heavy atom. The minimum Gasteiger partial charge on any atom is -0.310 e. The first kappa shape index (κ1) is 17.1. The molecule has 0 amide bonds. The molecular weight excluding hydrogens is 274 g/mol. The van der Waals surface area contributed by atoms with Gasteiger partial charge in [0.2, 0.25) is 10.0 Å². The number of nitrogens with zero attached hydrogens (tertiary/aromatic N) is 1. The first-order chi connectivity index (χ1) is 9.36. The molecule has 2 N–H and O–H groups in total. The molecule has 0 spiro atoms. The number of sulfonamides is 1. The Hall–Kier alpha value is -0.950. The maximum Gasteiger partial charge on any atom is 0.240 e. The second-order valence-corrected chi connectivity index (χ2v) is 6.82. The van der Waals surface area contributed by atoms with Crippen LogP contribution in [0.4, 0.5) is 0 Å². The third-order valence-electron chi connectivity index (χ3n) is 3.03. The molecule has 0 radical (unpaired) electrons. The molecule has 20 heavy (non-hydrogen) atoms. The molecule has 0 bridgehead atoms. The predicted octanol–water partition coefficient (Wildman–Crippen LogP) is 1.20. The van der Waals surface area contributed by atoms with Gasteiger partial charge in [0.15, 0.2) is 0 Å². The SMILES string of the molecule is CCNC(C)c1cccc(S(=O)(=O)NCCN(C)C)c1. The van der Waals surface area contributed by atoms with Gasteiger partial charge in [0.1, 0.15) is 0 Å². The van der Waals surface area contributed by atoms with E-state index in [2.05, 4.69) is 10.0 Å². The fourth-order valence-corrected chi connectivity index (χ4v) is 2.94. The van der Waals surface area contributed by atoms with Gasteiger partial charge in [0, 0.05) is 19.1 Å². The molecule has 0 aromatic heterocycles. The number of benzene rings is 1. The summed E-state index contributed by atoms with van der Waals surface area (Å²) in [5.41, 5.74) is 0.974. The lowest BCUT2D eigenvalue weighted by atomic mass is 10.1. The van der Waals surface area contributed by atoms with E-state index in [1.54, 1.807) is 18.2 Å². The lowest BCUT2D eigenvalue weighted by molar-refractivity contribution is 0.412. The highest BCUT2D eigenvalue weighted by atomic mass is 32.2. The summed E-state index contributed by atoms with van der Waals surface area (Å²) in [5, 5.41) is 3.28. The van der Waals surface area contributed by atoms with Gasteiger partial charge in [-0.2, -0.15) is 0 Å². The molecule has 6 heteroatoms. The zero-order valence-electron chi connectivity index (χ0n) is 12.7. The molecule has 0 heterocycles. The van der Waals surface area contributed by atoms with Crippen LogP contribution in [0.5, 0.6) is 0 Å². The van der Waals surface area contributed by atoms with Gasteiger partial charge in [-0.3, -0.25) is 0 Å². The van der Waals surface area contributed by atoms with Crippen molar-refractivity contribution in [2.75, 3.05) is 33.7 Å². The van der Waals surface area contributed by atoms with E-state index in [-0.39, 0.29) is 6.04 Å². The molecule has 5 nitrogen and oxygen atoms in total. The van der Waals surface area contributed by atoms with Crippen LogP contribution in [0.25, 0.3) is 0 Å². The fourth-order valence-electron chi connectivity index (χ4n) is 1.86. The topological polar surface area (TPSA) is 61.4 Å². The lowest BCUT2D eigenvalue weighted by Gasteiger charge is -2.15. The van der Waals surface area contributed by atoms with Gasteiger partial charge in [-0.15, -0.1) is 0 Å². The van der Waals surface area contributed by atoms with Crippen LogP contribution in [-0.2, 0) is 10.0 Å². The lowest BCUT2D eigenvalue weighted by Crippen LogP contribution is -2.31. The Balaban J connectivity index is 2.82. The first-order valence-electron chi connectivity index (χ1n) is 6.84. The molecule has 114 valence electrons. The predicted molar refractivity (Wildman–Crippen MR) is 82.3 cm³/mol. The van der Waals surface area contributed by atoms with E-state index in [0.717, 1.165) is 12.1 Å². The third-order valence-corrected chi connectivity index (χ3v) is 4.49. The van der Waals surface area contributed by atoms with E-state index < -0.39 is 10.0 Å². The zero-order chi connectivity index (χ0) is 15.2. The van der Waals surface area contributed by atoms with Crippen molar-refractivity contribution in [3.05, 3.63) is 29.8 Å². The summed E-state index contributed by atoms with van der Waals surface area (Å²) in [6.45, 7) is 5.98. The number of likely N-dealkylation sites (N-methyl/N-ethyl adjacent to an activating group) is 1. The van der Waals surface area contributed by atoms with Gasteiger partial charge in [-0.25, -0.2) is 13.1 Å². The summed E-state index contributed by atoms with van der Waals surface area (Å²) in [7, 11) is 0.388. The van der Waals surface area contributed by atoms with Gasteiger partial charge >= 0.3 is 0 Å². The summed E-state index contributed by atoms with van der Waals surface area (Å²) in [5.74, 6) is 0. The molecule has 0 saturated heterocycles. The van der Waals surface area contributed by atoms with E-state index in [1.807, 2.05) is 38.9 Å². The van der Waals surface area contributed by atoms with Crippen LogP contribution in [0, 0.1) is 0 Å². The van der Waals surface area contributed by atoms with Crippen LogP contribution in [0.3, 0.4) is 0 Å². The second kappa shape index (κ2) is 7.73. The summed E-state index contributed by atoms with van der Waals surface area (Å²) in [6.07, 6.45) is 0. The minimum absolute atomic E-state index is 0.136. The molecule has 0 fully saturated rings. The van der Waals surface area contributed by atoms with E-state index in [0.29, 0.717) is 18.0 Å². The van der Waals surface area contributed by atoms with Crippen molar-refractivity contribution < 1.29 is 8.42 Å². The maximum absolute atomic E-state index is 12.2. The van der Waals surface area contributed by atoms with Crippen molar-refractivity contribution in [1.29, 1.82) is 0 Å². The standard InChI is InChI=1S/C14H25N3O2S/c1-5-15-12(2)13-7-6-8-14(11-13)20(18,19)16-9-10-17(3)4/h6-8,11-12,15-16H,5,9-10H2,1-4H3. The fraction of sp³-hybridized carbons (Fsp3) is 0.571. The van der Waals surface area contributed by atoms with Gasteiger partial charge in [0.25, 0.3) is 0 Å². The monoisotopic (exact) mass is 299 g/mol. The van der Waals surface area contributed by atoms with E-state index >= 15 is 0 Å². The number of hydrogen-bond acceptors (Lipinski definition) is 4. The average molecular weight is 299 g/mol. The van der Waals surface area contributed by atoms with Crippen molar-refractivity contribution in [3.63, 3.8) is 0 Å². The van der Waals surface area contributed by atoms with Crippen LogP contribution < -0.4 is 10.0 Å². The highest BCUT2D eigenvalue weighted by molar-refractivity contribution is 7.89. The Bertz CT molecular complexity index is 515. The second-order valence-electron chi connectivity index (χ2n) is 5.05. The average Bonchev–Trinajstić information content (AvgIpc) is 2.38. The number of nitrogens with one attached hydrogen (secondary N) is 2. The van der Waals surface area contributed by atoms with Crippen molar-refractivity contribution in [2.24, 2.45) is 0 Å². The molecule has 0 aliphatic rings. The molecule has 1 rings (SSSR count). The first-order valence-corrected chi connectivity index (χ1v) is 8.33. The minimum atomic E-state index is -3.43. The third kappa shape index (κ3) is 5.20. The molecule has 0 saturated carbocycles. The Labute approximate surface area is 122 Å². The van der Waals surface area contributed by atoms with Gasteiger partial charge in [-0.1, -0.05) is 19.1 Å². The van der Waals surface area contributed by atoms with Crippen LogP contribution in [-0.4, -0.2) is 47.0 Å². The molecule has 1 unspecified atom stereocenters. The highest BCUT2D eigenvalue weighted by Crippen LogP contribution is 2.17.